The molecule has 1 saturated carbocycles. The summed E-state index contributed by atoms with van der Waals surface area (Å²) < 4.78 is 5.20. The number of methoxy groups -OCH3 is 1. The molecule has 0 saturated heterocycles. The second-order valence-corrected chi connectivity index (χ2v) is 7.76. The number of thiophene rings is 1. The molecule has 1 atom stereocenters. The van der Waals surface area contributed by atoms with E-state index in [4.69, 9.17) is 11.2 Å². The fraction of sp³-hybridized carbons (Fsp3) is 0.364. The fourth-order valence-corrected chi connectivity index (χ4v) is 4.36. The van der Waals surface area contributed by atoms with Gasteiger partial charge in [-0.3, -0.25) is 14.5 Å². The summed E-state index contributed by atoms with van der Waals surface area (Å²) in [5.74, 6) is 2.08. The molecule has 0 radical (unpaired) electrons. The number of amides is 2. The molecule has 1 N–H and O–H groups in total. The van der Waals surface area contributed by atoms with E-state index in [2.05, 4.69) is 11.2 Å². The molecule has 2 aromatic rings. The maximum atomic E-state index is 13.3. The molecule has 2 amide bonds. The van der Waals surface area contributed by atoms with Crippen molar-refractivity contribution in [2.75, 3.05) is 12.0 Å². The normalized spacial score (nSPS) is 15.3. The van der Waals surface area contributed by atoms with Gasteiger partial charge in [0.1, 0.15) is 5.75 Å². The molecule has 1 aliphatic carbocycles. The van der Waals surface area contributed by atoms with Gasteiger partial charge in [-0.15, -0.1) is 17.8 Å². The molecule has 5 nitrogen and oxygen atoms in total. The summed E-state index contributed by atoms with van der Waals surface area (Å²) in [6.45, 7) is 0. The fourth-order valence-electron chi connectivity index (χ4n) is 3.54. The van der Waals surface area contributed by atoms with Gasteiger partial charge in [-0.05, 0) is 54.5 Å². The molecular weight excluding hydrogens is 372 g/mol. The molecule has 1 aliphatic rings. The Morgan fingerprint density at radius 1 is 1.21 bits per heavy atom. The number of anilines is 1. The second-order valence-electron chi connectivity index (χ2n) is 6.78. The van der Waals surface area contributed by atoms with Crippen molar-refractivity contribution in [3.8, 4) is 18.1 Å². The van der Waals surface area contributed by atoms with Crippen LogP contribution in [0.25, 0.3) is 0 Å². The third kappa shape index (κ3) is 4.55. The van der Waals surface area contributed by atoms with E-state index in [1.165, 1.54) is 22.7 Å². The molecule has 3 rings (SSSR count). The standard InChI is InChI=1S/C22H24N2O3S/c1-3-20(25)24(17-11-13-18(27-2)14-12-17)21(19-10-7-15-28-19)22(26)23-16-8-5-4-6-9-16/h1,7,10-16,21H,4-6,8-9H2,2H3,(H,23,26). The highest BCUT2D eigenvalue weighted by atomic mass is 32.1. The smallest absolute Gasteiger partial charge is 0.303 e. The van der Waals surface area contributed by atoms with Crippen molar-refractivity contribution in [2.45, 2.75) is 44.2 Å². The van der Waals surface area contributed by atoms with E-state index in [1.807, 2.05) is 17.5 Å². The van der Waals surface area contributed by atoms with Crippen LogP contribution in [0.4, 0.5) is 5.69 Å². The molecule has 1 aromatic carbocycles. The number of terminal acetylenes is 1. The van der Waals surface area contributed by atoms with Gasteiger partial charge in [0.05, 0.1) is 7.11 Å². The first-order valence-electron chi connectivity index (χ1n) is 9.41. The lowest BCUT2D eigenvalue weighted by molar-refractivity contribution is -0.125. The Hall–Kier alpha value is -2.78. The third-order valence-electron chi connectivity index (χ3n) is 4.96. The molecule has 0 bridgehead atoms. The molecule has 1 fully saturated rings. The highest BCUT2D eigenvalue weighted by Crippen LogP contribution is 2.32. The highest BCUT2D eigenvalue weighted by molar-refractivity contribution is 7.10. The van der Waals surface area contributed by atoms with Crippen LogP contribution in [-0.2, 0) is 9.59 Å². The Labute approximate surface area is 169 Å². The molecule has 28 heavy (non-hydrogen) atoms. The first kappa shape index (κ1) is 20.0. The Morgan fingerprint density at radius 2 is 1.93 bits per heavy atom. The summed E-state index contributed by atoms with van der Waals surface area (Å²) >= 11 is 1.43. The van der Waals surface area contributed by atoms with E-state index in [9.17, 15) is 9.59 Å². The Kier molecular flexibility index (Phi) is 6.72. The largest absolute Gasteiger partial charge is 0.497 e. The van der Waals surface area contributed by atoms with Crippen LogP contribution in [0.2, 0.25) is 0 Å². The van der Waals surface area contributed by atoms with Gasteiger partial charge in [0.25, 0.3) is 0 Å². The van der Waals surface area contributed by atoms with E-state index in [0.717, 1.165) is 30.6 Å². The molecule has 1 aromatic heterocycles. The quantitative estimate of drug-likeness (QED) is 0.753. The summed E-state index contributed by atoms with van der Waals surface area (Å²) in [5.41, 5.74) is 0.556. The number of carbonyl (C=O) groups excluding carboxylic acids is 2. The minimum atomic E-state index is -0.807. The van der Waals surface area contributed by atoms with Gasteiger partial charge in [0, 0.05) is 16.6 Å². The zero-order valence-electron chi connectivity index (χ0n) is 15.9. The molecule has 6 heteroatoms. The van der Waals surface area contributed by atoms with Crippen molar-refractivity contribution in [3.05, 3.63) is 46.7 Å². The minimum absolute atomic E-state index is 0.141. The summed E-state index contributed by atoms with van der Waals surface area (Å²) in [6, 6.07) is 10.0. The van der Waals surface area contributed by atoms with Crippen LogP contribution < -0.4 is 15.0 Å². The zero-order valence-corrected chi connectivity index (χ0v) is 16.7. The van der Waals surface area contributed by atoms with Gasteiger partial charge in [-0.1, -0.05) is 25.3 Å². The van der Waals surface area contributed by atoms with Crippen LogP contribution in [0.15, 0.2) is 41.8 Å². The van der Waals surface area contributed by atoms with Crippen molar-refractivity contribution in [3.63, 3.8) is 0 Å². The molecule has 0 aliphatic heterocycles. The number of hydrogen-bond donors (Lipinski definition) is 1. The Morgan fingerprint density at radius 3 is 2.50 bits per heavy atom. The van der Waals surface area contributed by atoms with Crippen LogP contribution in [-0.4, -0.2) is 25.0 Å². The molecule has 1 heterocycles. The van der Waals surface area contributed by atoms with Gasteiger partial charge >= 0.3 is 5.91 Å². The lowest BCUT2D eigenvalue weighted by Crippen LogP contribution is -2.46. The molecule has 1 unspecified atom stereocenters. The predicted octanol–water partition coefficient (Wildman–Crippen LogP) is 3.91. The Bertz CT molecular complexity index is 834. The van der Waals surface area contributed by atoms with E-state index in [-0.39, 0.29) is 11.9 Å². The number of ether oxygens (including phenoxy) is 1. The number of rotatable bonds is 6. The lowest BCUT2D eigenvalue weighted by Gasteiger charge is -2.31. The van der Waals surface area contributed by atoms with Gasteiger partial charge in [0.15, 0.2) is 6.04 Å². The van der Waals surface area contributed by atoms with Crippen molar-refractivity contribution in [1.29, 1.82) is 0 Å². The number of benzene rings is 1. The second kappa shape index (κ2) is 9.43. The molecular formula is C22H24N2O3S. The summed E-state index contributed by atoms with van der Waals surface area (Å²) in [7, 11) is 1.57. The number of hydrogen-bond acceptors (Lipinski definition) is 4. The number of nitrogens with zero attached hydrogens (tertiary/aromatic N) is 1. The number of carbonyl (C=O) groups is 2. The third-order valence-corrected chi connectivity index (χ3v) is 5.89. The highest BCUT2D eigenvalue weighted by Gasteiger charge is 2.34. The van der Waals surface area contributed by atoms with E-state index in [1.54, 1.807) is 31.4 Å². The molecule has 0 spiro atoms. The monoisotopic (exact) mass is 396 g/mol. The first-order chi connectivity index (χ1) is 13.6. The van der Waals surface area contributed by atoms with Crippen molar-refractivity contribution in [1.82, 2.24) is 5.32 Å². The predicted molar refractivity (Wildman–Crippen MR) is 111 cm³/mol. The maximum Gasteiger partial charge on any atom is 0.303 e. The maximum absolute atomic E-state index is 13.3. The van der Waals surface area contributed by atoms with Crippen molar-refractivity contribution < 1.29 is 14.3 Å². The SMILES string of the molecule is C#CC(=O)N(c1ccc(OC)cc1)C(C(=O)NC1CCCCC1)c1cccs1. The van der Waals surface area contributed by atoms with Gasteiger partial charge in [0.2, 0.25) is 5.91 Å². The van der Waals surface area contributed by atoms with Crippen LogP contribution in [0.3, 0.4) is 0 Å². The van der Waals surface area contributed by atoms with Crippen LogP contribution in [0.1, 0.15) is 43.0 Å². The van der Waals surface area contributed by atoms with Crippen LogP contribution >= 0.6 is 11.3 Å². The van der Waals surface area contributed by atoms with Crippen LogP contribution in [0.5, 0.6) is 5.75 Å². The topological polar surface area (TPSA) is 58.6 Å². The minimum Gasteiger partial charge on any atom is -0.497 e. The van der Waals surface area contributed by atoms with Crippen molar-refractivity contribution >= 4 is 28.8 Å². The van der Waals surface area contributed by atoms with Crippen LogP contribution in [0, 0.1) is 12.3 Å². The van der Waals surface area contributed by atoms with E-state index >= 15 is 0 Å². The lowest BCUT2D eigenvalue weighted by atomic mass is 9.95. The van der Waals surface area contributed by atoms with Crippen molar-refractivity contribution in [2.24, 2.45) is 0 Å². The summed E-state index contributed by atoms with van der Waals surface area (Å²) in [6.07, 6.45) is 10.8. The van der Waals surface area contributed by atoms with E-state index < -0.39 is 11.9 Å². The van der Waals surface area contributed by atoms with Gasteiger partial charge in [-0.2, -0.15) is 0 Å². The van der Waals surface area contributed by atoms with E-state index in [0.29, 0.717) is 11.4 Å². The Balaban J connectivity index is 1.95. The van der Waals surface area contributed by atoms with Gasteiger partial charge in [-0.25, -0.2) is 0 Å². The molecule has 146 valence electrons. The zero-order chi connectivity index (χ0) is 19.9. The first-order valence-corrected chi connectivity index (χ1v) is 10.3. The number of nitrogens with one attached hydrogen (secondary N) is 1. The summed E-state index contributed by atoms with van der Waals surface area (Å²) in [5, 5.41) is 5.03. The average molecular weight is 397 g/mol. The average Bonchev–Trinajstić information content (AvgIpc) is 3.26. The summed E-state index contributed by atoms with van der Waals surface area (Å²) in [4.78, 5) is 28.1. The van der Waals surface area contributed by atoms with Gasteiger partial charge < -0.3 is 10.1 Å².